The van der Waals surface area contributed by atoms with Crippen LogP contribution in [0.2, 0.25) is 0 Å². The number of carboxylic acid groups (broad SMARTS) is 2. The third-order valence-electron chi connectivity index (χ3n) is 4.31. The Bertz CT molecular complexity index is 497. The Kier molecular flexibility index (Phi) is 7.71. The molecule has 0 radical (unpaired) electrons. The molecule has 0 bridgehead atoms. The topological polar surface area (TPSA) is 125 Å². The lowest BCUT2D eigenvalue weighted by Gasteiger charge is -2.32. The largest absolute Gasteiger partial charge is 0.547 e. The first-order chi connectivity index (χ1) is 10.9. The van der Waals surface area contributed by atoms with Crippen molar-refractivity contribution in [3.8, 4) is 0 Å². The summed E-state index contributed by atoms with van der Waals surface area (Å²) in [5.74, 6) is -2.14. The molecule has 6 nitrogen and oxygen atoms in total. The highest BCUT2D eigenvalue weighted by Crippen LogP contribution is 2.37. The molecule has 1 aromatic rings. The molecular formula is C17H25NO5. The van der Waals surface area contributed by atoms with Gasteiger partial charge in [0, 0.05) is 5.41 Å². The average Bonchev–Trinajstić information content (AvgIpc) is 2.55. The average molecular weight is 323 g/mol. The van der Waals surface area contributed by atoms with Gasteiger partial charge in [0.25, 0.3) is 0 Å². The number of quaternary nitrogens is 1. The van der Waals surface area contributed by atoms with Crippen molar-refractivity contribution in [3.05, 3.63) is 35.9 Å². The molecule has 0 unspecified atom stereocenters. The number of carboxylic acids is 2. The summed E-state index contributed by atoms with van der Waals surface area (Å²) in [5, 5.41) is 27.8. The van der Waals surface area contributed by atoms with Gasteiger partial charge in [0.05, 0.1) is 18.9 Å². The van der Waals surface area contributed by atoms with Gasteiger partial charge in [0.15, 0.2) is 0 Å². The van der Waals surface area contributed by atoms with Crippen molar-refractivity contribution in [1.29, 1.82) is 0 Å². The number of rotatable bonds is 5. The number of carbonyl (C=O) groups is 2. The van der Waals surface area contributed by atoms with Crippen LogP contribution in [0.1, 0.15) is 50.2 Å². The van der Waals surface area contributed by atoms with Gasteiger partial charge in [-0.2, -0.15) is 0 Å². The fourth-order valence-electron chi connectivity index (χ4n) is 2.91. The van der Waals surface area contributed by atoms with Crippen LogP contribution in [0.3, 0.4) is 0 Å². The van der Waals surface area contributed by atoms with Crippen LogP contribution in [0.25, 0.3) is 0 Å². The van der Waals surface area contributed by atoms with E-state index in [0.717, 1.165) is 19.4 Å². The molecule has 0 aromatic heterocycles. The van der Waals surface area contributed by atoms with Crippen LogP contribution in [0.15, 0.2) is 30.3 Å². The van der Waals surface area contributed by atoms with Crippen molar-refractivity contribution in [2.45, 2.75) is 44.6 Å². The molecule has 2 rings (SSSR count). The van der Waals surface area contributed by atoms with Crippen LogP contribution < -0.4 is 10.8 Å². The van der Waals surface area contributed by atoms with Gasteiger partial charge in [-0.1, -0.05) is 49.6 Å². The first-order valence-corrected chi connectivity index (χ1v) is 7.85. The molecule has 0 aliphatic heterocycles. The van der Waals surface area contributed by atoms with Crippen molar-refractivity contribution < 1.29 is 30.6 Å². The molecular weight excluding hydrogens is 298 g/mol. The summed E-state index contributed by atoms with van der Waals surface area (Å²) < 4.78 is 0. The normalized spacial score (nSPS) is 17.5. The third-order valence-corrected chi connectivity index (χ3v) is 4.31. The number of aliphatic hydroxyl groups excluding tert-OH is 1. The molecule has 0 amide bonds. The van der Waals surface area contributed by atoms with Crippen molar-refractivity contribution in [1.82, 2.24) is 0 Å². The van der Waals surface area contributed by atoms with E-state index in [4.69, 9.17) is 10.2 Å². The van der Waals surface area contributed by atoms with E-state index < -0.39 is 18.0 Å². The molecule has 1 fully saturated rings. The lowest BCUT2D eigenvalue weighted by Crippen LogP contribution is -2.59. The lowest BCUT2D eigenvalue weighted by atomic mass is 9.72. The fraction of sp³-hybridized carbons (Fsp3) is 0.529. The second-order valence-electron chi connectivity index (χ2n) is 6.01. The van der Waals surface area contributed by atoms with Gasteiger partial charge in [-0.05, 0) is 18.4 Å². The van der Waals surface area contributed by atoms with Crippen LogP contribution in [0.5, 0.6) is 0 Å². The fourth-order valence-corrected chi connectivity index (χ4v) is 2.91. The maximum absolute atomic E-state index is 10.6. The molecule has 1 atom stereocenters. The highest BCUT2D eigenvalue weighted by atomic mass is 16.4. The Balaban J connectivity index is 0.000000231. The number of benzene rings is 1. The molecule has 1 aromatic carbocycles. The van der Waals surface area contributed by atoms with E-state index in [1.807, 2.05) is 0 Å². The third kappa shape index (κ3) is 6.38. The molecule has 1 aliphatic rings. The van der Waals surface area contributed by atoms with Gasteiger partial charge < -0.3 is 25.8 Å². The van der Waals surface area contributed by atoms with Gasteiger partial charge in [0.1, 0.15) is 6.10 Å². The zero-order chi connectivity index (χ0) is 17.3. The van der Waals surface area contributed by atoms with Gasteiger partial charge in [-0.15, -0.1) is 0 Å². The highest BCUT2D eigenvalue weighted by Gasteiger charge is 2.34. The molecule has 1 saturated carbocycles. The number of hydrogen-bond donors (Lipinski definition) is 3. The SMILES string of the molecule is O=C([O-])[C@H](O)c1ccccc1.[NH3+]CC1(CC(=O)O)CCCCC1. The molecule has 0 spiro atoms. The number of hydrogen-bond acceptors (Lipinski definition) is 4. The molecule has 23 heavy (non-hydrogen) atoms. The van der Waals surface area contributed by atoms with Crippen LogP contribution >= 0.6 is 0 Å². The van der Waals surface area contributed by atoms with E-state index >= 15 is 0 Å². The van der Waals surface area contributed by atoms with Gasteiger partial charge in [-0.3, -0.25) is 4.79 Å². The quantitative estimate of drug-likeness (QED) is 0.710. The molecule has 128 valence electrons. The van der Waals surface area contributed by atoms with E-state index in [1.165, 1.54) is 31.4 Å². The summed E-state index contributed by atoms with van der Waals surface area (Å²) in [7, 11) is 0. The molecule has 0 saturated heterocycles. The summed E-state index contributed by atoms with van der Waals surface area (Å²) in [5.41, 5.74) is 4.24. The number of aliphatic carboxylic acids is 2. The summed E-state index contributed by atoms with van der Waals surface area (Å²) in [6.45, 7) is 0.777. The second kappa shape index (κ2) is 9.27. The standard InChI is InChI=1S/C9H17NO2.C8H8O3/c10-7-9(6-8(11)12)4-2-1-3-5-9;9-7(8(10)11)6-4-2-1-3-5-6/h1-7,10H2,(H,11,12);1-5,7,9H,(H,10,11)/t;7-/m.1/s1. The lowest BCUT2D eigenvalue weighted by molar-refractivity contribution is -0.395. The number of aliphatic hydroxyl groups is 1. The predicted octanol–water partition coefficient (Wildman–Crippen LogP) is 0.123. The first kappa shape index (κ1) is 19.1. The minimum atomic E-state index is -1.52. The van der Waals surface area contributed by atoms with Crippen molar-refractivity contribution >= 4 is 11.9 Å². The Morgan fingerprint density at radius 2 is 1.74 bits per heavy atom. The van der Waals surface area contributed by atoms with E-state index in [2.05, 4.69) is 5.73 Å². The van der Waals surface area contributed by atoms with E-state index in [-0.39, 0.29) is 5.41 Å². The number of carbonyl (C=O) groups excluding carboxylic acids is 1. The monoisotopic (exact) mass is 323 g/mol. The molecule has 6 heteroatoms. The summed E-state index contributed by atoms with van der Waals surface area (Å²) in [4.78, 5) is 20.7. The van der Waals surface area contributed by atoms with Gasteiger partial charge >= 0.3 is 5.97 Å². The Hall–Kier alpha value is -1.92. The van der Waals surface area contributed by atoms with E-state index in [9.17, 15) is 14.7 Å². The molecule has 5 N–H and O–H groups in total. The smallest absolute Gasteiger partial charge is 0.304 e. The van der Waals surface area contributed by atoms with Gasteiger partial charge in [0.2, 0.25) is 0 Å². The first-order valence-electron chi connectivity index (χ1n) is 7.85. The Labute approximate surface area is 135 Å². The zero-order valence-corrected chi connectivity index (χ0v) is 13.2. The Morgan fingerprint density at radius 1 is 1.17 bits per heavy atom. The molecule has 0 heterocycles. The predicted molar refractivity (Wildman–Crippen MR) is 81.9 cm³/mol. The van der Waals surface area contributed by atoms with Crippen LogP contribution in [-0.4, -0.2) is 28.7 Å². The minimum absolute atomic E-state index is 0.0318. The summed E-state index contributed by atoms with van der Waals surface area (Å²) in [6.07, 6.45) is 4.55. The molecule has 1 aliphatic carbocycles. The highest BCUT2D eigenvalue weighted by molar-refractivity contribution is 5.71. The summed E-state index contributed by atoms with van der Waals surface area (Å²) >= 11 is 0. The van der Waals surface area contributed by atoms with Crippen LogP contribution in [0.4, 0.5) is 0 Å². The van der Waals surface area contributed by atoms with Crippen molar-refractivity contribution in [2.24, 2.45) is 5.41 Å². The van der Waals surface area contributed by atoms with E-state index in [1.54, 1.807) is 18.2 Å². The van der Waals surface area contributed by atoms with Crippen LogP contribution in [-0.2, 0) is 9.59 Å². The Morgan fingerprint density at radius 3 is 2.17 bits per heavy atom. The van der Waals surface area contributed by atoms with E-state index in [0.29, 0.717) is 12.0 Å². The van der Waals surface area contributed by atoms with Gasteiger partial charge in [-0.25, -0.2) is 0 Å². The van der Waals surface area contributed by atoms with Crippen molar-refractivity contribution in [2.75, 3.05) is 6.54 Å². The minimum Gasteiger partial charge on any atom is -0.547 e. The van der Waals surface area contributed by atoms with Crippen molar-refractivity contribution in [3.63, 3.8) is 0 Å². The second-order valence-corrected chi connectivity index (χ2v) is 6.01. The van der Waals surface area contributed by atoms with Crippen LogP contribution in [0, 0.1) is 5.41 Å². The maximum atomic E-state index is 10.6. The summed E-state index contributed by atoms with van der Waals surface area (Å²) in [6, 6.07) is 8.11. The zero-order valence-electron chi connectivity index (χ0n) is 13.2. The maximum Gasteiger partial charge on any atom is 0.304 e.